The highest BCUT2D eigenvalue weighted by Gasteiger charge is 2.70. The zero-order valence-electron chi connectivity index (χ0n) is 13.1. The number of rotatable bonds is 3. The quantitative estimate of drug-likeness (QED) is 0.599. The van der Waals surface area contributed by atoms with Gasteiger partial charge >= 0.3 is 18.0 Å². The van der Waals surface area contributed by atoms with E-state index in [-0.39, 0.29) is 6.07 Å². The summed E-state index contributed by atoms with van der Waals surface area (Å²) in [6, 6.07) is 1.11. The minimum absolute atomic E-state index is 0.288. The number of benzene rings is 1. The highest BCUT2D eigenvalue weighted by atomic mass is 19.4. The molecule has 0 spiro atoms. The first-order valence-electron chi connectivity index (χ1n) is 7.24. The monoisotopic (exact) mass is 415 g/mol. The zero-order valence-corrected chi connectivity index (χ0v) is 13.1. The van der Waals surface area contributed by atoms with Crippen LogP contribution in [-0.4, -0.2) is 16.7 Å². The van der Waals surface area contributed by atoms with Crippen molar-refractivity contribution in [3.8, 4) is 11.5 Å². The van der Waals surface area contributed by atoms with E-state index in [1.807, 2.05) is 0 Å². The lowest BCUT2D eigenvalue weighted by Gasteiger charge is -2.17. The highest BCUT2D eigenvalue weighted by molar-refractivity contribution is 6.08. The Kier molecular flexibility index (Phi) is 4.35. The Balaban J connectivity index is 2.14. The molecule has 12 heteroatoms. The van der Waals surface area contributed by atoms with Crippen molar-refractivity contribution >= 4 is 5.78 Å². The molecule has 1 aliphatic rings. The summed E-state index contributed by atoms with van der Waals surface area (Å²) in [4.78, 5) is 14.9. The summed E-state index contributed by atoms with van der Waals surface area (Å²) in [7, 11) is 0. The maximum Gasteiger partial charge on any atom is 0.418 e. The molecule has 0 amide bonds. The van der Waals surface area contributed by atoms with Crippen LogP contribution in [0.3, 0.4) is 0 Å². The summed E-state index contributed by atoms with van der Waals surface area (Å²) >= 11 is 0. The number of ether oxygens (including phenoxy) is 1. The Morgan fingerprint density at radius 1 is 1.00 bits per heavy atom. The van der Waals surface area contributed by atoms with E-state index in [9.17, 15) is 44.3 Å². The molecule has 28 heavy (non-hydrogen) atoms. The van der Waals surface area contributed by atoms with E-state index in [0.717, 1.165) is 0 Å². The van der Waals surface area contributed by atoms with Crippen molar-refractivity contribution in [1.82, 2.24) is 4.98 Å². The molecule has 2 aromatic rings. The van der Waals surface area contributed by atoms with E-state index in [1.54, 1.807) is 0 Å². The summed E-state index contributed by atoms with van der Waals surface area (Å²) in [6.45, 7) is 0. The number of carbonyl (C=O) groups excluding carboxylic acids is 1. The zero-order chi connectivity index (χ0) is 21.1. The van der Waals surface area contributed by atoms with Gasteiger partial charge in [0.1, 0.15) is 11.5 Å². The molecule has 1 aromatic carbocycles. The van der Waals surface area contributed by atoms with Crippen LogP contribution < -0.4 is 4.74 Å². The van der Waals surface area contributed by atoms with Gasteiger partial charge in [-0.3, -0.25) is 9.78 Å². The van der Waals surface area contributed by atoms with E-state index in [4.69, 9.17) is 4.74 Å². The number of nitrogens with zero attached hydrogens (tertiary/aromatic N) is 1. The fourth-order valence-electron chi connectivity index (χ4n) is 2.64. The van der Waals surface area contributed by atoms with Gasteiger partial charge in [0.25, 0.3) is 6.43 Å². The number of fused-ring (bicyclic) bond motifs is 1. The van der Waals surface area contributed by atoms with Gasteiger partial charge in [-0.15, -0.1) is 0 Å². The number of hydrogen-bond acceptors (Lipinski definition) is 3. The van der Waals surface area contributed by atoms with E-state index in [2.05, 4.69) is 4.98 Å². The number of Topliss-reactive ketones (excluding diaryl/α,β-unsaturated/α-hetero) is 1. The number of ketones is 1. The second-order valence-electron chi connectivity index (χ2n) is 5.69. The lowest BCUT2D eigenvalue weighted by atomic mass is 10.0. The molecule has 0 atom stereocenters. The van der Waals surface area contributed by atoms with Crippen molar-refractivity contribution in [2.75, 3.05) is 0 Å². The average molecular weight is 415 g/mol. The van der Waals surface area contributed by atoms with Crippen LogP contribution in [0.5, 0.6) is 11.5 Å². The number of hydrogen-bond donors (Lipinski definition) is 0. The first kappa shape index (κ1) is 20.0. The lowest BCUT2D eigenvalue weighted by molar-refractivity contribution is -0.176. The summed E-state index contributed by atoms with van der Waals surface area (Å²) in [5.74, 6) is -14.6. The van der Waals surface area contributed by atoms with E-state index < -0.39 is 64.0 Å². The standard InChI is InChI=1S/C16H6F9NO2/c17-13(18)11-9(28-7-3-6(4-26-5-7)16(23,24)25)2-1-8-10(11)12(27)15(21,22)14(8,19)20/h1-5,13H. The fourth-order valence-corrected chi connectivity index (χ4v) is 2.64. The predicted molar refractivity (Wildman–Crippen MR) is 73.9 cm³/mol. The molecular weight excluding hydrogens is 409 g/mol. The van der Waals surface area contributed by atoms with Gasteiger partial charge in [-0.2, -0.15) is 30.7 Å². The number of aromatic nitrogens is 1. The van der Waals surface area contributed by atoms with Gasteiger partial charge in [0.2, 0.25) is 5.78 Å². The van der Waals surface area contributed by atoms with Gasteiger partial charge in [0, 0.05) is 17.3 Å². The van der Waals surface area contributed by atoms with Crippen LogP contribution in [0.2, 0.25) is 0 Å². The molecule has 150 valence electrons. The van der Waals surface area contributed by atoms with Crippen LogP contribution >= 0.6 is 0 Å². The first-order chi connectivity index (χ1) is 12.8. The van der Waals surface area contributed by atoms with Crippen LogP contribution in [0.1, 0.15) is 33.5 Å². The predicted octanol–water partition coefficient (Wildman–Crippen LogP) is 5.75. The van der Waals surface area contributed by atoms with Crippen molar-refractivity contribution in [2.24, 2.45) is 0 Å². The molecule has 0 saturated carbocycles. The summed E-state index contributed by atoms with van der Waals surface area (Å²) in [6.07, 6.45) is -7.45. The van der Waals surface area contributed by atoms with Gasteiger partial charge in [-0.1, -0.05) is 0 Å². The Morgan fingerprint density at radius 2 is 1.64 bits per heavy atom. The largest absolute Gasteiger partial charge is 0.455 e. The van der Waals surface area contributed by atoms with E-state index >= 15 is 0 Å². The number of alkyl halides is 9. The molecule has 0 bridgehead atoms. The first-order valence-corrected chi connectivity index (χ1v) is 7.24. The van der Waals surface area contributed by atoms with Crippen LogP contribution in [0, 0.1) is 0 Å². The Hall–Kier alpha value is -2.79. The SMILES string of the molecule is O=C1c2c(ccc(Oc3cncc(C(F)(F)F)c3)c2C(F)F)C(F)(F)C1(F)F. The maximum atomic E-state index is 13.8. The molecule has 0 unspecified atom stereocenters. The van der Waals surface area contributed by atoms with Gasteiger partial charge in [-0.05, 0) is 18.2 Å². The smallest absolute Gasteiger partial charge is 0.418 e. The second-order valence-corrected chi connectivity index (χ2v) is 5.69. The second kappa shape index (κ2) is 6.11. The fraction of sp³-hybridized carbons (Fsp3) is 0.250. The van der Waals surface area contributed by atoms with Crippen molar-refractivity contribution < 1.29 is 49.0 Å². The van der Waals surface area contributed by atoms with Crippen LogP contribution in [0.4, 0.5) is 39.5 Å². The molecule has 1 aliphatic carbocycles. The molecule has 3 nitrogen and oxygen atoms in total. The van der Waals surface area contributed by atoms with Gasteiger partial charge in [0.05, 0.1) is 17.3 Å². The molecule has 3 rings (SSSR count). The summed E-state index contributed by atoms with van der Waals surface area (Å²) in [5.41, 5.74) is -6.12. The van der Waals surface area contributed by atoms with Crippen molar-refractivity contribution in [2.45, 2.75) is 24.4 Å². The molecule has 0 N–H and O–H groups in total. The minimum atomic E-state index is -5.25. The Bertz CT molecular complexity index is 954. The van der Waals surface area contributed by atoms with Gasteiger partial charge in [0.15, 0.2) is 0 Å². The number of carbonyl (C=O) groups is 1. The summed E-state index contributed by atoms with van der Waals surface area (Å²) < 4.78 is 124. The summed E-state index contributed by atoms with van der Waals surface area (Å²) in [5, 5.41) is 0. The lowest BCUT2D eigenvalue weighted by Crippen LogP contribution is -2.38. The third-order valence-electron chi connectivity index (χ3n) is 3.94. The molecule has 0 fully saturated rings. The molecule has 1 heterocycles. The molecule has 0 aliphatic heterocycles. The van der Waals surface area contributed by atoms with Crippen molar-refractivity contribution in [3.05, 3.63) is 52.8 Å². The van der Waals surface area contributed by atoms with Gasteiger partial charge in [-0.25, -0.2) is 8.78 Å². The maximum absolute atomic E-state index is 13.8. The van der Waals surface area contributed by atoms with Crippen molar-refractivity contribution in [3.63, 3.8) is 0 Å². The Morgan fingerprint density at radius 3 is 2.21 bits per heavy atom. The van der Waals surface area contributed by atoms with Crippen LogP contribution in [-0.2, 0) is 12.1 Å². The van der Waals surface area contributed by atoms with E-state index in [1.165, 1.54) is 0 Å². The number of halogens is 9. The molecule has 1 aromatic heterocycles. The highest BCUT2D eigenvalue weighted by Crippen LogP contribution is 2.55. The third kappa shape index (κ3) is 2.87. The molecule has 0 saturated heterocycles. The third-order valence-corrected chi connectivity index (χ3v) is 3.94. The topological polar surface area (TPSA) is 39.2 Å². The average Bonchev–Trinajstić information content (AvgIpc) is 2.71. The Labute approximate surface area is 149 Å². The molecular formula is C16H6F9NO2. The van der Waals surface area contributed by atoms with Crippen LogP contribution in [0.15, 0.2) is 30.6 Å². The molecule has 0 radical (unpaired) electrons. The van der Waals surface area contributed by atoms with Crippen LogP contribution in [0.25, 0.3) is 0 Å². The van der Waals surface area contributed by atoms with Gasteiger partial charge < -0.3 is 4.74 Å². The minimum Gasteiger partial charge on any atom is -0.455 e. The normalized spacial score (nSPS) is 17.7. The van der Waals surface area contributed by atoms with Crippen molar-refractivity contribution in [1.29, 1.82) is 0 Å². The van der Waals surface area contributed by atoms with E-state index in [0.29, 0.717) is 24.5 Å². The number of pyridine rings is 1.